The molecule has 0 fully saturated rings. The molecule has 2 aromatic heterocycles. The largest absolute Gasteiger partial charge is 0.315 e. The van der Waals surface area contributed by atoms with Gasteiger partial charge in [0, 0.05) is 11.1 Å². The maximum absolute atomic E-state index is 5.85. The third-order valence-electron chi connectivity index (χ3n) is 2.63. The van der Waals surface area contributed by atoms with Crippen LogP contribution >= 0.6 is 38.9 Å². The van der Waals surface area contributed by atoms with E-state index >= 15 is 0 Å². The van der Waals surface area contributed by atoms with Gasteiger partial charge in [0.05, 0.1) is 15.2 Å². The van der Waals surface area contributed by atoms with E-state index in [1.807, 2.05) is 6.07 Å². The second kappa shape index (κ2) is 4.55. The fourth-order valence-electron chi connectivity index (χ4n) is 1.85. The van der Waals surface area contributed by atoms with Gasteiger partial charge >= 0.3 is 0 Å². The number of hydrogen-bond donors (Lipinski definition) is 1. The molecule has 1 N–H and O–H groups in total. The summed E-state index contributed by atoms with van der Waals surface area (Å²) in [4.78, 5) is 10.2. The highest BCUT2D eigenvalue weighted by Crippen LogP contribution is 2.33. The number of fused-ring (bicyclic) bond motifs is 1. The van der Waals surface area contributed by atoms with Gasteiger partial charge in [-0.2, -0.15) is 0 Å². The van der Waals surface area contributed by atoms with Gasteiger partial charge in [-0.3, -0.25) is 0 Å². The first-order chi connectivity index (χ1) is 8.22. The fraction of sp³-hybridized carbons (Fsp3) is 0.273. The van der Waals surface area contributed by atoms with Crippen LogP contribution in [0.25, 0.3) is 0 Å². The molecule has 0 unspecified atom stereocenters. The van der Waals surface area contributed by atoms with Crippen LogP contribution in [0.2, 0.25) is 5.02 Å². The monoisotopic (exact) mass is 329 g/mol. The molecule has 2 aromatic rings. The predicted octanol–water partition coefficient (Wildman–Crippen LogP) is 4.19. The Morgan fingerprint density at radius 2 is 2.29 bits per heavy atom. The number of aryl methyl sites for hydroxylation is 2. The van der Waals surface area contributed by atoms with Crippen molar-refractivity contribution >= 4 is 49.8 Å². The summed E-state index contributed by atoms with van der Waals surface area (Å²) in [6.07, 6.45) is 5.11. The number of rotatable bonds is 2. The minimum Gasteiger partial charge on any atom is -0.315 e. The second-order valence-corrected chi connectivity index (χ2v) is 6.23. The molecule has 17 heavy (non-hydrogen) atoms. The molecule has 6 heteroatoms. The Morgan fingerprint density at radius 1 is 1.41 bits per heavy atom. The zero-order chi connectivity index (χ0) is 11.8. The van der Waals surface area contributed by atoms with E-state index in [1.165, 1.54) is 17.0 Å². The SMILES string of the molecule is Clc1cnc(Nc2nc3c(s2)CCC3)c(Br)c1. The molecule has 0 spiro atoms. The Kier molecular flexibility index (Phi) is 3.06. The zero-order valence-corrected chi connectivity index (χ0v) is 12.0. The lowest BCUT2D eigenvalue weighted by Crippen LogP contribution is -1.94. The smallest absolute Gasteiger partial charge is 0.188 e. The molecule has 0 radical (unpaired) electrons. The van der Waals surface area contributed by atoms with Crippen molar-refractivity contribution in [3.05, 3.63) is 32.3 Å². The molecular weight excluding hydrogens is 322 g/mol. The summed E-state index contributed by atoms with van der Waals surface area (Å²) in [6, 6.07) is 1.82. The van der Waals surface area contributed by atoms with Crippen LogP contribution < -0.4 is 5.32 Å². The van der Waals surface area contributed by atoms with Gasteiger partial charge in [-0.25, -0.2) is 9.97 Å². The number of halogens is 2. The topological polar surface area (TPSA) is 37.8 Å². The maximum atomic E-state index is 5.85. The van der Waals surface area contributed by atoms with Gasteiger partial charge in [-0.15, -0.1) is 11.3 Å². The van der Waals surface area contributed by atoms with Crippen LogP contribution in [-0.4, -0.2) is 9.97 Å². The van der Waals surface area contributed by atoms with Crippen molar-refractivity contribution in [2.24, 2.45) is 0 Å². The van der Waals surface area contributed by atoms with E-state index in [0.717, 1.165) is 28.3 Å². The number of anilines is 2. The first kappa shape index (κ1) is 11.4. The number of hydrogen-bond acceptors (Lipinski definition) is 4. The van der Waals surface area contributed by atoms with Crippen LogP contribution in [0, 0.1) is 0 Å². The lowest BCUT2D eigenvalue weighted by Gasteiger charge is -2.04. The Hall–Kier alpha value is -0.650. The molecule has 0 aromatic carbocycles. The molecular formula is C11H9BrClN3S. The summed E-state index contributed by atoms with van der Waals surface area (Å²) in [7, 11) is 0. The molecule has 0 saturated heterocycles. The third kappa shape index (κ3) is 2.32. The zero-order valence-electron chi connectivity index (χ0n) is 8.83. The van der Waals surface area contributed by atoms with Crippen molar-refractivity contribution in [1.29, 1.82) is 0 Å². The lowest BCUT2D eigenvalue weighted by atomic mass is 10.4. The standard InChI is InChI=1S/C11H9BrClN3S/c12-7-4-6(13)5-14-10(7)16-11-15-8-2-1-3-9(8)17-11/h4-5H,1-3H2,(H,14,15,16). The van der Waals surface area contributed by atoms with Crippen LogP contribution in [0.1, 0.15) is 17.0 Å². The molecule has 1 aliphatic rings. The number of aromatic nitrogens is 2. The summed E-state index contributed by atoms with van der Waals surface area (Å²) >= 11 is 11.0. The van der Waals surface area contributed by atoms with Crippen molar-refractivity contribution in [3.8, 4) is 0 Å². The third-order valence-corrected chi connectivity index (χ3v) is 4.51. The molecule has 0 atom stereocenters. The molecule has 2 heterocycles. The Bertz CT molecular complexity index is 548. The molecule has 3 nitrogen and oxygen atoms in total. The van der Waals surface area contributed by atoms with Crippen molar-refractivity contribution < 1.29 is 0 Å². The van der Waals surface area contributed by atoms with Gasteiger partial charge in [-0.1, -0.05) is 11.6 Å². The minimum atomic E-state index is 0.615. The van der Waals surface area contributed by atoms with Gasteiger partial charge < -0.3 is 5.32 Å². The Morgan fingerprint density at radius 3 is 3.06 bits per heavy atom. The molecule has 0 bridgehead atoms. The normalized spacial score (nSPS) is 13.8. The van der Waals surface area contributed by atoms with E-state index in [9.17, 15) is 0 Å². The molecule has 88 valence electrons. The van der Waals surface area contributed by atoms with Crippen molar-refractivity contribution in [2.75, 3.05) is 5.32 Å². The average molecular weight is 331 g/mol. The first-order valence-corrected chi connectivity index (χ1v) is 7.28. The van der Waals surface area contributed by atoms with Crippen LogP contribution in [0.15, 0.2) is 16.7 Å². The van der Waals surface area contributed by atoms with Crippen molar-refractivity contribution in [1.82, 2.24) is 9.97 Å². The summed E-state index contributed by atoms with van der Waals surface area (Å²) < 4.78 is 0.848. The summed E-state index contributed by atoms with van der Waals surface area (Å²) in [6.45, 7) is 0. The van der Waals surface area contributed by atoms with Crippen molar-refractivity contribution in [2.45, 2.75) is 19.3 Å². The number of thiazole rings is 1. The van der Waals surface area contributed by atoms with Gasteiger partial charge in [0.2, 0.25) is 0 Å². The highest BCUT2D eigenvalue weighted by molar-refractivity contribution is 9.10. The lowest BCUT2D eigenvalue weighted by molar-refractivity contribution is 0.900. The predicted molar refractivity (Wildman–Crippen MR) is 74.4 cm³/mol. The van der Waals surface area contributed by atoms with Crippen LogP contribution in [0.3, 0.4) is 0 Å². The van der Waals surface area contributed by atoms with E-state index in [1.54, 1.807) is 17.5 Å². The highest BCUT2D eigenvalue weighted by atomic mass is 79.9. The Balaban J connectivity index is 1.86. The summed E-state index contributed by atoms with van der Waals surface area (Å²) in [5.41, 5.74) is 1.24. The van der Waals surface area contributed by atoms with Crippen LogP contribution in [0.4, 0.5) is 10.9 Å². The quantitative estimate of drug-likeness (QED) is 0.897. The van der Waals surface area contributed by atoms with Crippen molar-refractivity contribution in [3.63, 3.8) is 0 Å². The Labute approximate surface area is 116 Å². The van der Waals surface area contributed by atoms with Gasteiger partial charge in [-0.05, 0) is 41.3 Å². The van der Waals surface area contributed by atoms with Crippen LogP contribution in [-0.2, 0) is 12.8 Å². The number of pyridine rings is 1. The van der Waals surface area contributed by atoms with Gasteiger partial charge in [0.15, 0.2) is 5.13 Å². The molecule has 0 aliphatic heterocycles. The average Bonchev–Trinajstić information content (AvgIpc) is 2.82. The summed E-state index contributed by atoms with van der Waals surface area (Å²) in [5, 5.41) is 4.74. The number of nitrogens with one attached hydrogen (secondary N) is 1. The fourth-order valence-corrected chi connectivity index (χ4v) is 3.64. The van der Waals surface area contributed by atoms with Gasteiger partial charge in [0.1, 0.15) is 5.82 Å². The first-order valence-electron chi connectivity index (χ1n) is 5.29. The maximum Gasteiger partial charge on any atom is 0.188 e. The van der Waals surface area contributed by atoms with E-state index in [0.29, 0.717) is 5.02 Å². The van der Waals surface area contributed by atoms with E-state index in [2.05, 4.69) is 31.2 Å². The van der Waals surface area contributed by atoms with E-state index in [-0.39, 0.29) is 0 Å². The van der Waals surface area contributed by atoms with Gasteiger partial charge in [0.25, 0.3) is 0 Å². The van der Waals surface area contributed by atoms with E-state index < -0.39 is 0 Å². The molecule has 0 amide bonds. The summed E-state index contributed by atoms with van der Waals surface area (Å²) in [5.74, 6) is 0.752. The second-order valence-electron chi connectivity index (χ2n) is 3.85. The molecule has 3 rings (SSSR count). The molecule has 0 saturated carbocycles. The number of nitrogens with zero attached hydrogens (tertiary/aromatic N) is 2. The minimum absolute atomic E-state index is 0.615. The highest BCUT2D eigenvalue weighted by Gasteiger charge is 2.17. The van der Waals surface area contributed by atoms with E-state index in [4.69, 9.17) is 11.6 Å². The molecule has 1 aliphatic carbocycles. The van der Waals surface area contributed by atoms with Crippen LogP contribution in [0.5, 0.6) is 0 Å².